The van der Waals surface area contributed by atoms with Gasteiger partial charge in [0.1, 0.15) is 11.6 Å². The number of imidazole rings is 1. The van der Waals surface area contributed by atoms with E-state index in [-0.39, 0.29) is 5.91 Å². The van der Waals surface area contributed by atoms with E-state index in [1.54, 1.807) is 24.5 Å². The Kier molecular flexibility index (Phi) is 7.25. The first kappa shape index (κ1) is 22.8. The van der Waals surface area contributed by atoms with E-state index in [0.717, 1.165) is 51.7 Å². The summed E-state index contributed by atoms with van der Waals surface area (Å²) in [5.41, 5.74) is 4.68. The molecular formula is C26H27ClN4O2. The van der Waals surface area contributed by atoms with Gasteiger partial charge in [0, 0.05) is 42.5 Å². The molecule has 33 heavy (non-hydrogen) atoms. The topological polar surface area (TPSA) is 69.0 Å². The van der Waals surface area contributed by atoms with Crippen LogP contribution in [-0.4, -0.2) is 33.6 Å². The number of carbonyl (C=O) groups excluding carboxylic acids is 1. The molecule has 0 spiro atoms. The summed E-state index contributed by atoms with van der Waals surface area (Å²) in [7, 11) is 0. The maximum atomic E-state index is 12.3. The van der Waals surface area contributed by atoms with E-state index in [4.69, 9.17) is 21.3 Å². The largest absolute Gasteiger partial charge is 0.494 e. The average Bonchev–Trinajstić information content (AvgIpc) is 3.18. The average molecular weight is 463 g/mol. The molecule has 0 atom stereocenters. The second-order valence-corrected chi connectivity index (χ2v) is 8.36. The SMILES string of the molecule is Cc1cc(OCCCn2c(CCNC(=O)c3ccncc3)nc3ccccc32)cc(C)c1Cl. The van der Waals surface area contributed by atoms with Gasteiger partial charge in [-0.05, 0) is 67.8 Å². The number of rotatable bonds is 9. The van der Waals surface area contributed by atoms with Crippen LogP contribution >= 0.6 is 11.6 Å². The predicted octanol–water partition coefficient (Wildman–Crippen LogP) is 5.14. The van der Waals surface area contributed by atoms with Crippen molar-refractivity contribution in [1.29, 1.82) is 0 Å². The smallest absolute Gasteiger partial charge is 0.251 e. The molecule has 2 aromatic carbocycles. The van der Waals surface area contributed by atoms with Crippen LogP contribution in [0.15, 0.2) is 60.9 Å². The lowest BCUT2D eigenvalue weighted by atomic mass is 10.1. The van der Waals surface area contributed by atoms with Crippen LogP contribution in [-0.2, 0) is 13.0 Å². The molecule has 4 aromatic rings. The van der Waals surface area contributed by atoms with E-state index in [1.807, 2.05) is 44.2 Å². The van der Waals surface area contributed by atoms with Gasteiger partial charge in [-0.3, -0.25) is 9.78 Å². The second kappa shape index (κ2) is 10.5. The van der Waals surface area contributed by atoms with Crippen molar-refractivity contribution in [1.82, 2.24) is 19.9 Å². The Morgan fingerprint density at radius 1 is 1.09 bits per heavy atom. The number of benzene rings is 2. The summed E-state index contributed by atoms with van der Waals surface area (Å²) in [6.45, 7) is 5.84. The third-order valence-electron chi connectivity index (χ3n) is 5.52. The predicted molar refractivity (Wildman–Crippen MR) is 131 cm³/mol. The number of pyridine rings is 1. The summed E-state index contributed by atoms with van der Waals surface area (Å²) >= 11 is 6.25. The van der Waals surface area contributed by atoms with Gasteiger partial charge in [0.25, 0.3) is 5.91 Å². The normalized spacial score (nSPS) is 11.0. The summed E-state index contributed by atoms with van der Waals surface area (Å²) in [4.78, 5) is 21.1. The van der Waals surface area contributed by atoms with Crippen LogP contribution in [0.1, 0.15) is 33.7 Å². The van der Waals surface area contributed by atoms with Crippen LogP contribution in [0.5, 0.6) is 5.75 Å². The number of ether oxygens (including phenoxy) is 1. The maximum Gasteiger partial charge on any atom is 0.251 e. The molecule has 0 saturated heterocycles. The number of aryl methyl sites for hydroxylation is 3. The van der Waals surface area contributed by atoms with Crippen molar-refractivity contribution in [3.05, 3.63) is 88.5 Å². The van der Waals surface area contributed by atoms with Gasteiger partial charge >= 0.3 is 0 Å². The van der Waals surface area contributed by atoms with Gasteiger partial charge in [-0.2, -0.15) is 0 Å². The van der Waals surface area contributed by atoms with Crippen LogP contribution in [0.25, 0.3) is 11.0 Å². The molecule has 7 heteroatoms. The Morgan fingerprint density at radius 2 is 1.82 bits per heavy atom. The Bertz CT molecular complexity index is 1230. The number of hydrogen-bond acceptors (Lipinski definition) is 4. The van der Waals surface area contributed by atoms with E-state index < -0.39 is 0 Å². The van der Waals surface area contributed by atoms with Gasteiger partial charge in [0.05, 0.1) is 17.6 Å². The molecule has 0 aliphatic carbocycles. The van der Waals surface area contributed by atoms with Crippen molar-refractivity contribution in [3.63, 3.8) is 0 Å². The molecule has 1 N–H and O–H groups in total. The van der Waals surface area contributed by atoms with Gasteiger partial charge in [-0.15, -0.1) is 0 Å². The highest BCUT2D eigenvalue weighted by Crippen LogP contribution is 2.26. The number of amides is 1. The molecule has 0 bridgehead atoms. The van der Waals surface area contributed by atoms with Gasteiger partial charge in [0.2, 0.25) is 0 Å². The molecule has 6 nitrogen and oxygen atoms in total. The standard InChI is InChI=1S/C26H27ClN4O2/c1-18-16-21(17-19(2)25(18)27)33-15-5-14-31-23-7-4-3-6-22(23)30-24(31)10-13-29-26(32)20-8-11-28-12-9-20/h3-4,6-9,11-12,16-17H,5,10,13-15H2,1-2H3,(H,29,32). The lowest BCUT2D eigenvalue weighted by molar-refractivity contribution is 0.0954. The zero-order valence-electron chi connectivity index (χ0n) is 18.8. The fraction of sp³-hybridized carbons (Fsp3) is 0.269. The fourth-order valence-electron chi connectivity index (χ4n) is 3.86. The highest BCUT2D eigenvalue weighted by Gasteiger charge is 2.12. The Morgan fingerprint density at radius 3 is 2.58 bits per heavy atom. The lowest BCUT2D eigenvalue weighted by Crippen LogP contribution is -2.26. The van der Waals surface area contributed by atoms with Crippen LogP contribution in [0.2, 0.25) is 5.02 Å². The molecule has 0 fully saturated rings. The first-order valence-corrected chi connectivity index (χ1v) is 11.4. The summed E-state index contributed by atoms with van der Waals surface area (Å²) in [5, 5.41) is 3.75. The lowest BCUT2D eigenvalue weighted by Gasteiger charge is -2.12. The number of nitrogens with zero attached hydrogens (tertiary/aromatic N) is 3. The van der Waals surface area contributed by atoms with Gasteiger partial charge in [0.15, 0.2) is 0 Å². The van der Waals surface area contributed by atoms with E-state index in [9.17, 15) is 4.79 Å². The number of nitrogens with one attached hydrogen (secondary N) is 1. The molecule has 2 heterocycles. The summed E-state index contributed by atoms with van der Waals surface area (Å²) in [6.07, 6.45) is 4.70. The van der Waals surface area contributed by atoms with Crippen LogP contribution in [0.4, 0.5) is 0 Å². The van der Waals surface area contributed by atoms with Crippen molar-refractivity contribution < 1.29 is 9.53 Å². The third-order valence-corrected chi connectivity index (χ3v) is 6.11. The van der Waals surface area contributed by atoms with Crippen molar-refractivity contribution in [2.45, 2.75) is 33.2 Å². The quantitative estimate of drug-likeness (QED) is 0.349. The Labute approximate surface area is 198 Å². The minimum atomic E-state index is -0.109. The van der Waals surface area contributed by atoms with Crippen molar-refractivity contribution in [2.75, 3.05) is 13.2 Å². The number of fused-ring (bicyclic) bond motifs is 1. The minimum Gasteiger partial charge on any atom is -0.494 e. The molecule has 0 aliphatic rings. The fourth-order valence-corrected chi connectivity index (χ4v) is 3.97. The van der Waals surface area contributed by atoms with Gasteiger partial charge in [-0.1, -0.05) is 23.7 Å². The molecule has 2 aromatic heterocycles. The molecule has 0 aliphatic heterocycles. The minimum absolute atomic E-state index is 0.109. The third kappa shape index (κ3) is 5.52. The number of halogens is 1. The number of para-hydroxylation sites is 2. The highest BCUT2D eigenvalue weighted by molar-refractivity contribution is 6.32. The number of hydrogen-bond donors (Lipinski definition) is 1. The van der Waals surface area contributed by atoms with E-state index in [0.29, 0.717) is 25.1 Å². The van der Waals surface area contributed by atoms with E-state index >= 15 is 0 Å². The number of carbonyl (C=O) groups is 1. The molecule has 0 unspecified atom stereocenters. The zero-order chi connectivity index (χ0) is 23.2. The van der Waals surface area contributed by atoms with Crippen LogP contribution in [0.3, 0.4) is 0 Å². The molecule has 0 radical (unpaired) electrons. The Hall–Kier alpha value is -3.38. The van der Waals surface area contributed by atoms with E-state index in [2.05, 4.69) is 20.9 Å². The first-order chi connectivity index (χ1) is 16.0. The summed E-state index contributed by atoms with van der Waals surface area (Å²) in [5.74, 6) is 1.68. The molecule has 1 amide bonds. The number of aromatic nitrogens is 3. The summed E-state index contributed by atoms with van der Waals surface area (Å²) < 4.78 is 8.20. The molecule has 170 valence electrons. The van der Waals surface area contributed by atoms with Crippen molar-refractivity contribution in [2.24, 2.45) is 0 Å². The van der Waals surface area contributed by atoms with Crippen molar-refractivity contribution >= 4 is 28.5 Å². The van der Waals surface area contributed by atoms with Gasteiger partial charge in [-0.25, -0.2) is 4.98 Å². The summed E-state index contributed by atoms with van der Waals surface area (Å²) in [6, 6.07) is 15.4. The van der Waals surface area contributed by atoms with Crippen LogP contribution in [0, 0.1) is 13.8 Å². The molecule has 0 saturated carbocycles. The molecule has 4 rings (SSSR count). The molecular weight excluding hydrogens is 436 g/mol. The monoisotopic (exact) mass is 462 g/mol. The van der Waals surface area contributed by atoms with Crippen molar-refractivity contribution in [3.8, 4) is 5.75 Å². The first-order valence-electron chi connectivity index (χ1n) is 11.0. The highest BCUT2D eigenvalue weighted by atomic mass is 35.5. The second-order valence-electron chi connectivity index (χ2n) is 7.98. The Balaban J connectivity index is 1.38. The zero-order valence-corrected chi connectivity index (χ0v) is 19.6. The van der Waals surface area contributed by atoms with Gasteiger partial charge < -0.3 is 14.6 Å². The maximum absolute atomic E-state index is 12.3. The van der Waals surface area contributed by atoms with E-state index in [1.165, 1.54) is 0 Å². The van der Waals surface area contributed by atoms with Crippen LogP contribution < -0.4 is 10.1 Å².